The zero-order valence-electron chi connectivity index (χ0n) is 12.1. The van der Waals surface area contributed by atoms with Crippen molar-refractivity contribution >= 4 is 18.3 Å². The van der Waals surface area contributed by atoms with Gasteiger partial charge in [0.1, 0.15) is 5.75 Å². The van der Waals surface area contributed by atoms with Gasteiger partial charge >= 0.3 is 0 Å². The molecular formula is C15H23ClN2O2. The molecule has 1 aromatic rings. The summed E-state index contributed by atoms with van der Waals surface area (Å²) in [5.74, 6) is 1.02. The molecule has 0 aromatic heterocycles. The number of rotatable bonds is 5. The number of ether oxygens (including phenoxy) is 1. The molecule has 0 spiro atoms. The summed E-state index contributed by atoms with van der Waals surface area (Å²) in [6, 6.07) is 7.95. The minimum absolute atomic E-state index is 0. The Kier molecular flexibility index (Phi) is 6.30. The molecule has 0 saturated carbocycles. The number of amides is 1. The lowest BCUT2D eigenvalue weighted by atomic mass is 9.89. The summed E-state index contributed by atoms with van der Waals surface area (Å²) < 4.78 is 5.12. The third-order valence-electron chi connectivity index (χ3n) is 3.78. The molecule has 1 heterocycles. The van der Waals surface area contributed by atoms with E-state index in [-0.39, 0.29) is 23.7 Å². The van der Waals surface area contributed by atoms with E-state index >= 15 is 0 Å². The minimum Gasteiger partial charge on any atom is -0.497 e. The van der Waals surface area contributed by atoms with Crippen LogP contribution in [0.4, 0.5) is 0 Å². The maximum atomic E-state index is 12.1. The summed E-state index contributed by atoms with van der Waals surface area (Å²) >= 11 is 0. The van der Waals surface area contributed by atoms with E-state index in [2.05, 4.69) is 10.6 Å². The second-order valence-corrected chi connectivity index (χ2v) is 5.34. The lowest BCUT2D eigenvalue weighted by Crippen LogP contribution is -2.41. The number of methoxy groups -OCH3 is 1. The summed E-state index contributed by atoms with van der Waals surface area (Å²) in [5.41, 5.74) is 0.968. The van der Waals surface area contributed by atoms with Crippen molar-refractivity contribution in [2.75, 3.05) is 26.7 Å². The number of carbonyl (C=O) groups excluding carboxylic acids is 1. The zero-order valence-corrected chi connectivity index (χ0v) is 12.9. The highest BCUT2D eigenvalue weighted by atomic mass is 35.5. The first-order chi connectivity index (χ1) is 9.14. The van der Waals surface area contributed by atoms with Crippen molar-refractivity contribution in [3.8, 4) is 5.75 Å². The van der Waals surface area contributed by atoms with E-state index in [1.165, 1.54) is 5.56 Å². The lowest BCUT2D eigenvalue weighted by molar-refractivity contribution is -0.129. The first kappa shape index (κ1) is 16.8. The number of nitrogens with one attached hydrogen (secondary N) is 2. The Morgan fingerprint density at radius 2 is 2.10 bits per heavy atom. The van der Waals surface area contributed by atoms with Gasteiger partial charge in [0.05, 0.1) is 12.5 Å². The van der Waals surface area contributed by atoms with Crippen LogP contribution in [-0.4, -0.2) is 32.7 Å². The normalized spacial score (nSPS) is 21.1. The minimum atomic E-state index is -0.236. The van der Waals surface area contributed by atoms with Gasteiger partial charge in [-0.3, -0.25) is 4.79 Å². The van der Waals surface area contributed by atoms with Crippen molar-refractivity contribution in [1.29, 1.82) is 0 Å². The quantitative estimate of drug-likeness (QED) is 0.871. The van der Waals surface area contributed by atoms with Gasteiger partial charge < -0.3 is 15.4 Å². The predicted molar refractivity (Wildman–Crippen MR) is 82.5 cm³/mol. The summed E-state index contributed by atoms with van der Waals surface area (Å²) in [7, 11) is 1.66. The molecule has 4 nitrogen and oxygen atoms in total. The first-order valence-electron chi connectivity index (χ1n) is 6.76. The summed E-state index contributed by atoms with van der Waals surface area (Å²) in [5, 5.41) is 6.27. The van der Waals surface area contributed by atoms with Gasteiger partial charge in [-0.2, -0.15) is 0 Å². The molecular weight excluding hydrogens is 276 g/mol. The van der Waals surface area contributed by atoms with Crippen LogP contribution in [0, 0.1) is 5.41 Å². The number of hydrogen-bond donors (Lipinski definition) is 2. The molecule has 20 heavy (non-hydrogen) atoms. The highest BCUT2D eigenvalue weighted by molar-refractivity contribution is 5.85. The Morgan fingerprint density at radius 3 is 2.65 bits per heavy atom. The average Bonchev–Trinajstić information content (AvgIpc) is 2.88. The van der Waals surface area contributed by atoms with E-state index in [1.807, 2.05) is 31.2 Å². The van der Waals surface area contributed by atoms with Crippen LogP contribution in [0.2, 0.25) is 0 Å². The predicted octanol–water partition coefficient (Wildman–Crippen LogP) is 1.78. The standard InChI is InChI=1S/C15H22N2O2.ClH/c1-15(8-10-16-11-15)14(18)17-9-7-12-3-5-13(19-2)6-4-12;/h3-6,16H,7-11H2,1-2H3,(H,17,18);1H. The van der Waals surface area contributed by atoms with E-state index in [0.717, 1.165) is 31.7 Å². The molecule has 1 fully saturated rings. The molecule has 1 aromatic carbocycles. The molecule has 0 aliphatic carbocycles. The maximum Gasteiger partial charge on any atom is 0.227 e. The van der Waals surface area contributed by atoms with Crippen molar-refractivity contribution < 1.29 is 9.53 Å². The molecule has 1 amide bonds. The molecule has 1 aliphatic heterocycles. The molecule has 1 unspecified atom stereocenters. The van der Waals surface area contributed by atoms with Crippen LogP contribution in [0.3, 0.4) is 0 Å². The second kappa shape index (κ2) is 7.50. The van der Waals surface area contributed by atoms with Crippen molar-refractivity contribution in [3.05, 3.63) is 29.8 Å². The van der Waals surface area contributed by atoms with Crippen LogP contribution in [0.25, 0.3) is 0 Å². The topological polar surface area (TPSA) is 50.4 Å². The fourth-order valence-electron chi connectivity index (χ4n) is 2.34. The van der Waals surface area contributed by atoms with Crippen molar-refractivity contribution in [3.63, 3.8) is 0 Å². The van der Waals surface area contributed by atoms with E-state index in [0.29, 0.717) is 6.54 Å². The van der Waals surface area contributed by atoms with Gasteiger partial charge in [0, 0.05) is 13.1 Å². The maximum absolute atomic E-state index is 12.1. The largest absolute Gasteiger partial charge is 0.497 e. The fourth-order valence-corrected chi connectivity index (χ4v) is 2.34. The molecule has 2 rings (SSSR count). The smallest absolute Gasteiger partial charge is 0.227 e. The van der Waals surface area contributed by atoms with Crippen LogP contribution in [0.5, 0.6) is 5.75 Å². The average molecular weight is 299 g/mol. The monoisotopic (exact) mass is 298 g/mol. The van der Waals surface area contributed by atoms with Crippen LogP contribution in [-0.2, 0) is 11.2 Å². The zero-order chi connectivity index (χ0) is 13.7. The third-order valence-corrected chi connectivity index (χ3v) is 3.78. The van der Waals surface area contributed by atoms with E-state index < -0.39 is 0 Å². The Balaban J connectivity index is 0.00000200. The van der Waals surface area contributed by atoms with Crippen molar-refractivity contribution in [1.82, 2.24) is 10.6 Å². The number of carbonyl (C=O) groups is 1. The van der Waals surface area contributed by atoms with Gasteiger partial charge in [0.15, 0.2) is 0 Å². The highest BCUT2D eigenvalue weighted by Gasteiger charge is 2.35. The molecule has 1 saturated heterocycles. The van der Waals surface area contributed by atoms with Gasteiger partial charge in [0.2, 0.25) is 5.91 Å². The van der Waals surface area contributed by atoms with Gasteiger partial charge in [-0.1, -0.05) is 12.1 Å². The van der Waals surface area contributed by atoms with E-state index in [4.69, 9.17) is 4.74 Å². The molecule has 1 atom stereocenters. The Labute approximate surface area is 126 Å². The van der Waals surface area contributed by atoms with Gasteiger partial charge in [-0.15, -0.1) is 12.4 Å². The third kappa shape index (κ3) is 4.12. The van der Waals surface area contributed by atoms with Crippen LogP contribution in [0.1, 0.15) is 18.9 Å². The number of benzene rings is 1. The Morgan fingerprint density at radius 1 is 1.40 bits per heavy atom. The van der Waals surface area contributed by atoms with E-state index in [1.54, 1.807) is 7.11 Å². The van der Waals surface area contributed by atoms with Gasteiger partial charge in [0.25, 0.3) is 0 Å². The highest BCUT2D eigenvalue weighted by Crippen LogP contribution is 2.24. The van der Waals surface area contributed by atoms with Crippen LogP contribution in [0.15, 0.2) is 24.3 Å². The van der Waals surface area contributed by atoms with Crippen molar-refractivity contribution in [2.45, 2.75) is 19.8 Å². The molecule has 5 heteroatoms. The SMILES string of the molecule is COc1ccc(CCNC(=O)C2(C)CCNC2)cc1.Cl. The summed E-state index contributed by atoms with van der Waals surface area (Å²) in [6.45, 7) is 4.42. The molecule has 0 bridgehead atoms. The van der Waals surface area contributed by atoms with Crippen LogP contribution >= 0.6 is 12.4 Å². The summed E-state index contributed by atoms with van der Waals surface area (Å²) in [6.07, 6.45) is 1.76. The first-order valence-corrected chi connectivity index (χ1v) is 6.76. The Bertz CT molecular complexity index is 428. The van der Waals surface area contributed by atoms with Gasteiger partial charge in [-0.05, 0) is 44.0 Å². The van der Waals surface area contributed by atoms with Gasteiger partial charge in [-0.25, -0.2) is 0 Å². The van der Waals surface area contributed by atoms with Crippen LogP contribution < -0.4 is 15.4 Å². The fraction of sp³-hybridized carbons (Fsp3) is 0.533. The number of hydrogen-bond acceptors (Lipinski definition) is 3. The van der Waals surface area contributed by atoms with Crippen molar-refractivity contribution in [2.24, 2.45) is 5.41 Å². The molecule has 1 aliphatic rings. The lowest BCUT2D eigenvalue weighted by Gasteiger charge is -2.21. The second-order valence-electron chi connectivity index (χ2n) is 5.34. The summed E-state index contributed by atoms with van der Waals surface area (Å²) in [4.78, 5) is 12.1. The number of halogens is 1. The Hall–Kier alpha value is -1.26. The van der Waals surface area contributed by atoms with E-state index in [9.17, 15) is 4.79 Å². The molecule has 2 N–H and O–H groups in total. The molecule has 0 radical (unpaired) electrons. The molecule has 112 valence electrons.